The highest BCUT2D eigenvalue weighted by Gasteiger charge is 2.32. The molecule has 0 aliphatic rings. The van der Waals surface area contributed by atoms with E-state index >= 15 is 0 Å². The Morgan fingerprint density at radius 3 is 2.06 bits per heavy atom. The topological polar surface area (TPSA) is 12.0 Å². The fourth-order valence-corrected chi connectivity index (χ4v) is 1.96. The van der Waals surface area contributed by atoms with Gasteiger partial charge in [-0.2, -0.15) is 13.2 Å². The van der Waals surface area contributed by atoms with Crippen molar-refractivity contribution in [1.82, 2.24) is 5.32 Å². The average Bonchev–Trinajstić information content (AvgIpc) is 2.19. The summed E-state index contributed by atoms with van der Waals surface area (Å²) in [6.45, 7) is 5.73. The first-order valence-electron chi connectivity index (χ1n) is 5.56. The summed E-state index contributed by atoms with van der Waals surface area (Å²) in [5.41, 5.74) is 3.76. The predicted octanol–water partition coefficient (Wildman–Crippen LogP) is 3.82. The molecule has 1 atom stereocenters. The number of hydrogen-bond donors (Lipinski definition) is 1. The Hall–Kier alpha value is -1.03. The zero-order valence-electron chi connectivity index (χ0n) is 10.6. The number of hydrogen-bond acceptors (Lipinski definition) is 1. The number of rotatable bonds is 3. The number of aryl methyl sites for hydroxylation is 3. The van der Waals surface area contributed by atoms with Gasteiger partial charge in [-0.05, 0) is 50.1 Å². The summed E-state index contributed by atoms with van der Waals surface area (Å²) in [6, 6.07) is 3.11. The van der Waals surface area contributed by atoms with Gasteiger partial charge in [-0.3, -0.25) is 0 Å². The molecule has 1 aromatic rings. The van der Waals surface area contributed by atoms with Crippen LogP contribution in [0.5, 0.6) is 0 Å². The molecule has 0 spiro atoms. The van der Waals surface area contributed by atoms with Gasteiger partial charge >= 0.3 is 6.18 Å². The van der Waals surface area contributed by atoms with Crippen LogP contribution in [0.1, 0.15) is 34.7 Å². The first-order valence-corrected chi connectivity index (χ1v) is 5.56. The summed E-state index contributed by atoms with van der Waals surface area (Å²) in [6.07, 6.45) is -4.99. The highest BCUT2D eigenvalue weighted by atomic mass is 19.4. The third-order valence-corrected chi connectivity index (χ3v) is 3.04. The van der Waals surface area contributed by atoms with Crippen molar-refractivity contribution in [3.63, 3.8) is 0 Å². The monoisotopic (exact) mass is 245 g/mol. The van der Waals surface area contributed by atoms with Crippen LogP contribution in [-0.4, -0.2) is 13.2 Å². The maximum absolute atomic E-state index is 12.4. The van der Waals surface area contributed by atoms with Gasteiger partial charge < -0.3 is 5.32 Å². The summed E-state index contributed by atoms with van der Waals surface area (Å²) in [5.74, 6) is 0. The standard InChI is InChI=1S/C13H18F3N/c1-8-5-10(3)11(6-9(8)2)12(17-4)7-13(14,15)16/h5-6,12,17H,7H2,1-4H3. The summed E-state index contributed by atoms with van der Waals surface area (Å²) in [5, 5.41) is 2.74. The molecule has 0 aromatic heterocycles. The van der Waals surface area contributed by atoms with E-state index < -0.39 is 18.6 Å². The minimum Gasteiger partial charge on any atom is -0.313 e. The van der Waals surface area contributed by atoms with Crippen molar-refractivity contribution in [2.24, 2.45) is 0 Å². The quantitative estimate of drug-likeness (QED) is 0.853. The van der Waals surface area contributed by atoms with Crippen LogP contribution in [0.15, 0.2) is 12.1 Å². The third kappa shape index (κ3) is 3.73. The lowest BCUT2D eigenvalue weighted by atomic mass is 9.94. The van der Waals surface area contributed by atoms with E-state index in [9.17, 15) is 13.2 Å². The third-order valence-electron chi connectivity index (χ3n) is 3.04. The van der Waals surface area contributed by atoms with Crippen molar-refractivity contribution in [1.29, 1.82) is 0 Å². The summed E-state index contributed by atoms with van der Waals surface area (Å²) in [4.78, 5) is 0. The Balaban J connectivity index is 3.08. The Bertz CT molecular complexity index is 396. The van der Waals surface area contributed by atoms with Gasteiger partial charge in [0.25, 0.3) is 0 Å². The molecule has 0 saturated carbocycles. The number of benzene rings is 1. The van der Waals surface area contributed by atoms with Gasteiger partial charge in [0, 0.05) is 6.04 Å². The van der Waals surface area contributed by atoms with Crippen molar-refractivity contribution in [2.45, 2.75) is 39.4 Å². The number of nitrogens with one attached hydrogen (secondary N) is 1. The van der Waals surface area contributed by atoms with Crippen LogP contribution in [0.3, 0.4) is 0 Å². The van der Waals surface area contributed by atoms with Crippen LogP contribution in [-0.2, 0) is 0 Å². The molecule has 0 fully saturated rings. The highest BCUT2D eigenvalue weighted by Crippen LogP contribution is 2.31. The van der Waals surface area contributed by atoms with Gasteiger partial charge in [-0.1, -0.05) is 12.1 Å². The fourth-order valence-electron chi connectivity index (χ4n) is 1.96. The molecular formula is C13H18F3N. The highest BCUT2D eigenvalue weighted by molar-refractivity contribution is 5.38. The molecule has 0 saturated heterocycles. The molecule has 1 nitrogen and oxygen atoms in total. The van der Waals surface area contributed by atoms with Crippen LogP contribution in [0, 0.1) is 20.8 Å². The lowest BCUT2D eigenvalue weighted by Crippen LogP contribution is -2.24. The molecule has 1 aromatic carbocycles. The van der Waals surface area contributed by atoms with E-state index in [-0.39, 0.29) is 0 Å². The molecule has 4 heteroatoms. The molecule has 1 rings (SSSR count). The van der Waals surface area contributed by atoms with Crippen LogP contribution in [0.25, 0.3) is 0 Å². The second-order valence-corrected chi connectivity index (χ2v) is 4.45. The molecule has 0 aliphatic carbocycles. The smallest absolute Gasteiger partial charge is 0.313 e. The van der Waals surface area contributed by atoms with Crippen molar-refractivity contribution < 1.29 is 13.2 Å². The van der Waals surface area contributed by atoms with Crippen molar-refractivity contribution in [2.75, 3.05) is 7.05 Å². The number of halogens is 3. The van der Waals surface area contributed by atoms with Crippen LogP contribution >= 0.6 is 0 Å². The minimum atomic E-state index is -4.15. The summed E-state index contributed by atoms with van der Waals surface area (Å²) in [7, 11) is 1.56. The van der Waals surface area contributed by atoms with Crippen molar-refractivity contribution >= 4 is 0 Å². The number of alkyl halides is 3. The van der Waals surface area contributed by atoms with Crippen molar-refractivity contribution in [3.05, 3.63) is 34.4 Å². The lowest BCUT2D eigenvalue weighted by Gasteiger charge is -2.21. The normalized spacial score (nSPS) is 13.8. The zero-order valence-corrected chi connectivity index (χ0v) is 10.6. The van der Waals surface area contributed by atoms with E-state index in [0.29, 0.717) is 0 Å². The molecule has 0 heterocycles. The molecule has 1 N–H and O–H groups in total. The molecular weight excluding hydrogens is 227 g/mol. The zero-order chi connectivity index (χ0) is 13.2. The second-order valence-electron chi connectivity index (χ2n) is 4.45. The van der Waals surface area contributed by atoms with E-state index in [1.165, 1.54) is 0 Å². The molecule has 0 aliphatic heterocycles. The minimum absolute atomic E-state index is 0.672. The SMILES string of the molecule is CNC(CC(F)(F)F)c1cc(C)c(C)cc1C. The Morgan fingerprint density at radius 1 is 1.06 bits per heavy atom. The molecule has 0 bridgehead atoms. The van der Waals surface area contributed by atoms with E-state index in [1.54, 1.807) is 7.05 Å². The lowest BCUT2D eigenvalue weighted by molar-refractivity contribution is -0.140. The van der Waals surface area contributed by atoms with Crippen LogP contribution < -0.4 is 5.32 Å². The van der Waals surface area contributed by atoms with E-state index in [2.05, 4.69) is 5.32 Å². The average molecular weight is 245 g/mol. The van der Waals surface area contributed by atoms with Gasteiger partial charge in [0.05, 0.1) is 6.42 Å². The first kappa shape index (κ1) is 14.0. The molecule has 96 valence electrons. The van der Waals surface area contributed by atoms with Gasteiger partial charge in [0.15, 0.2) is 0 Å². The fraction of sp³-hybridized carbons (Fsp3) is 0.538. The van der Waals surface area contributed by atoms with Gasteiger partial charge in [0.1, 0.15) is 0 Å². The Kier molecular flexibility index (Phi) is 4.20. The molecule has 1 unspecified atom stereocenters. The summed E-state index contributed by atoms with van der Waals surface area (Å²) >= 11 is 0. The van der Waals surface area contributed by atoms with Gasteiger partial charge in [-0.15, -0.1) is 0 Å². The van der Waals surface area contributed by atoms with Crippen LogP contribution in [0.4, 0.5) is 13.2 Å². The maximum atomic E-state index is 12.4. The maximum Gasteiger partial charge on any atom is 0.390 e. The Morgan fingerprint density at radius 2 is 1.59 bits per heavy atom. The van der Waals surface area contributed by atoms with Crippen molar-refractivity contribution in [3.8, 4) is 0 Å². The van der Waals surface area contributed by atoms with Crippen LogP contribution in [0.2, 0.25) is 0 Å². The van der Waals surface area contributed by atoms with E-state index in [1.807, 2.05) is 32.9 Å². The first-order chi connectivity index (χ1) is 7.74. The summed E-state index contributed by atoms with van der Waals surface area (Å²) < 4.78 is 37.3. The van der Waals surface area contributed by atoms with Gasteiger partial charge in [0.2, 0.25) is 0 Å². The molecule has 0 amide bonds. The largest absolute Gasteiger partial charge is 0.390 e. The molecule has 17 heavy (non-hydrogen) atoms. The van der Waals surface area contributed by atoms with Gasteiger partial charge in [-0.25, -0.2) is 0 Å². The Labute approximate surface area is 100 Å². The predicted molar refractivity (Wildman–Crippen MR) is 63.1 cm³/mol. The second kappa shape index (κ2) is 5.08. The molecule has 0 radical (unpaired) electrons. The van der Waals surface area contributed by atoms with E-state index in [0.717, 1.165) is 22.3 Å². The van der Waals surface area contributed by atoms with E-state index in [4.69, 9.17) is 0 Å².